The number of carbonyl (C=O) groups is 1. The number of hydrazine groups is 1. The first-order valence-corrected chi connectivity index (χ1v) is 10.8. The monoisotopic (exact) mass is 493 g/mol. The molecule has 0 spiro atoms. The fourth-order valence-corrected chi connectivity index (χ4v) is 3.46. The zero-order chi connectivity index (χ0) is 25.8. The number of amides is 2. The molecule has 2 N–H and O–H groups in total. The summed E-state index contributed by atoms with van der Waals surface area (Å²) in [6, 6.07) is 5.01. The van der Waals surface area contributed by atoms with E-state index in [0.29, 0.717) is 18.4 Å². The highest BCUT2D eigenvalue weighted by Gasteiger charge is 2.37. The zero-order valence-electron chi connectivity index (χ0n) is 19.3. The molecule has 0 saturated carbocycles. The van der Waals surface area contributed by atoms with E-state index in [0.717, 1.165) is 23.8 Å². The first-order valence-electron chi connectivity index (χ1n) is 10.8. The summed E-state index contributed by atoms with van der Waals surface area (Å²) in [5.41, 5.74) is 1.70. The van der Waals surface area contributed by atoms with Crippen LogP contribution >= 0.6 is 0 Å². The molecule has 11 heteroatoms. The molecule has 0 aliphatic rings. The van der Waals surface area contributed by atoms with Crippen LogP contribution in [0.2, 0.25) is 0 Å². The molecule has 1 atom stereocenters. The molecule has 35 heavy (non-hydrogen) atoms. The van der Waals surface area contributed by atoms with Gasteiger partial charge < -0.3 is 5.32 Å². The molecule has 0 fully saturated rings. The van der Waals surface area contributed by atoms with Gasteiger partial charge in [0.2, 0.25) is 0 Å². The third-order valence-corrected chi connectivity index (χ3v) is 5.28. The standard InChI is InChI=1S/C24H24F5N5O/c1-4-34(32-13-16-11-30-15(3)31-12-16)23(35)33-14(2)18-9-8-17(10-21(18)26)19-6-5-7-20(25)22(19)24(27,28)29/h5-12,14,32H,4,13H2,1-3H3,(H,33,35). The maximum atomic E-state index is 14.9. The van der Waals surface area contributed by atoms with Crippen LogP contribution in [0.15, 0.2) is 48.8 Å². The SMILES string of the molecule is CCN(NCc1cnc(C)nc1)C(=O)NC(C)c1ccc(-c2cccc(F)c2C(F)(F)F)cc1F. The summed E-state index contributed by atoms with van der Waals surface area (Å²) in [7, 11) is 0. The van der Waals surface area contributed by atoms with Gasteiger partial charge in [0.1, 0.15) is 17.5 Å². The van der Waals surface area contributed by atoms with Crippen LogP contribution in [0.3, 0.4) is 0 Å². The van der Waals surface area contributed by atoms with Crippen molar-refractivity contribution in [1.82, 2.24) is 25.7 Å². The second kappa shape index (κ2) is 10.8. The molecule has 0 radical (unpaired) electrons. The van der Waals surface area contributed by atoms with Crippen molar-refractivity contribution >= 4 is 6.03 Å². The lowest BCUT2D eigenvalue weighted by Crippen LogP contribution is -2.48. The Morgan fingerprint density at radius 1 is 1.09 bits per heavy atom. The number of urea groups is 1. The van der Waals surface area contributed by atoms with E-state index < -0.39 is 41.0 Å². The van der Waals surface area contributed by atoms with E-state index in [-0.39, 0.29) is 17.7 Å². The maximum absolute atomic E-state index is 14.9. The lowest BCUT2D eigenvalue weighted by atomic mass is 9.96. The number of aryl methyl sites for hydroxylation is 1. The smallest absolute Gasteiger partial charge is 0.330 e. The number of carbonyl (C=O) groups excluding carboxylic acids is 1. The highest BCUT2D eigenvalue weighted by atomic mass is 19.4. The molecular formula is C24H24F5N5O. The minimum atomic E-state index is -4.95. The van der Waals surface area contributed by atoms with Gasteiger partial charge in [-0.05, 0) is 44.0 Å². The Hall–Kier alpha value is -3.60. The molecule has 2 aromatic carbocycles. The van der Waals surface area contributed by atoms with Crippen LogP contribution in [-0.4, -0.2) is 27.6 Å². The summed E-state index contributed by atoms with van der Waals surface area (Å²) < 4.78 is 68.8. The Morgan fingerprint density at radius 2 is 1.77 bits per heavy atom. The van der Waals surface area contributed by atoms with Crippen molar-refractivity contribution in [3.63, 3.8) is 0 Å². The number of nitrogens with one attached hydrogen (secondary N) is 2. The van der Waals surface area contributed by atoms with Gasteiger partial charge in [-0.15, -0.1) is 0 Å². The summed E-state index contributed by atoms with van der Waals surface area (Å²) in [4.78, 5) is 20.8. The first kappa shape index (κ1) is 26.0. The largest absolute Gasteiger partial charge is 0.419 e. The number of hydrogen-bond acceptors (Lipinski definition) is 4. The van der Waals surface area contributed by atoms with Gasteiger partial charge in [-0.3, -0.25) is 5.01 Å². The molecule has 3 rings (SSSR count). The average Bonchev–Trinajstić information content (AvgIpc) is 2.79. The van der Waals surface area contributed by atoms with E-state index in [2.05, 4.69) is 20.7 Å². The molecule has 0 saturated heterocycles. The Bertz CT molecular complexity index is 1180. The lowest BCUT2D eigenvalue weighted by molar-refractivity contribution is -0.139. The van der Waals surface area contributed by atoms with Gasteiger partial charge in [0.15, 0.2) is 0 Å². The molecule has 1 heterocycles. The predicted octanol–water partition coefficient (Wildman–Crippen LogP) is 5.55. The van der Waals surface area contributed by atoms with E-state index in [1.165, 1.54) is 17.1 Å². The van der Waals surface area contributed by atoms with Crippen LogP contribution < -0.4 is 10.7 Å². The van der Waals surface area contributed by atoms with E-state index in [9.17, 15) is 26.7 Å². The van der Waals surface area contributed by atoms with Crippen molar-refractivity contribution in [2.45, 2.75) is 39.5 Å². The predicted molar refractivity (Wildman–Crippen MR) is 120 cm³/mol. The fraction of sp³-hybridized carbons (Fsp3) is 0.292. The van der Waals surface area contributed by atoms with Crippen LogP contribution in [0.1, 0.15) is 42.4 Å². The molecular weight excluding hydrogens is 469 g/mol. The van der Waals surface area contributed by atoms with Crippen molar-refractivity contribution in [2.24, 2.45) is 0 Å². The molecule has 2 amide bonds. The van der Waals surface area contributed by atoms with Crippen molar-refractivity contribution in [1.29, 1.82) is 0 Å². The second-order valence-corrected chi connectivity index (χ2v) is 7.79. The Kier molecular flexibility index (Phi) is 8.00. The minimum Gasteiger partial charge on any atom is -0.330 e. The van der Waals surface area contributed by atoms with Crippen molar-refractivity contribution in [3.05, 3.63) is 82.9 Å². The van der Waals surface area contributed by atoms with Gasteiger partial charge in [-0.1, -0.05) is 24.3 Å². The third kappa shape index (κ3) is 6.30. The molecule has 0 aliphatic heterocycles. The molecule has 0 aliphatic carbocycles. The van der Waals surface area contributed by atoms with Gasteiger partial charge in [0.25, 0.3) is 0 Å². The summed E-state index contributed by atoms with van der Waals surface area (Å²) >= 11 is 0. The van der Waals surface area contributed by atoms with Crippen LogP contribution in [-0.2, 0) is 12.7 Å². The molecule has 3 aromatic rings. The molecule has 186 valence electrons. The second-order valence-electron chi connectivity index (χ2n) is 7.79. The highest BCUT2D eigenvalue weighted by Crippen LogP contribution is 2.39. The third-order valence-electron chi connectivity index (χ3n) is 5.28. The Balaban J connectivity index is 1.73. The van der Waals surface area contributed by atoms with E-state index in [1.807, 2.05) is 0 Å². The number of benzene rings is 2. The van der Waals surface area contributed by atoms with Gasteiger partial charge >= 0.3 is 12.2 Å². The van der Waals surface area contributed by atoms with Crippen LogP contribution in [0.4, 0.5) is 26.7 Å². The Labute approximate surface area is 199 Å². The van der Waals surface area contributed by atoms with Crippen LogP contribution in [0.25, 0.3) is 11.1 Å². The molecule has 1 aromatic heterocycles. The van der Waals surface area contributed by atoms with Crippen LogP contribution in [0, 0.1) is 18.6 Å². The summed E-state index contributed by atoms with van der Waals surface area (Å²) in [5.74, 6) is -1.65. The number of nitrogens with zero attached hydrogens (tertiary/aromatic N) is 3. The Morgan fingerprint density at radius 3 is 2.37 bits per heavy atom. The van der Waals surface area contributed by atoms with Gasteiger partial charge in [-0.2, -0.15) is 13.2 Å². The number of rotatable bonds is 7. The minimum absolute atomic E-state index is 0.0649. The average molecular weight is 493 g/mol. The van der Waals surface area contributed by atoms with Gasteiger partial charge in [0.05, 0.1) is 11.6 Å². The number of alkyl halides is 3. The molecule has 1 unspecified atom stereocenters. The van der Waals surface area contributed by atoms with Gasteiger partial charge in [0, 0.05) is 36.6 Å². The molecule has 6 nitrogen and oxygen atoms in total. The van der Waals surface area contributed by atoms with Crippen LogP contribution in [0.5, 0.6) is 0 Å². The lowest BCUT2D eigenvalue weighted by Gasteiger charge is -2.25. The first-order chi connectivity index (χ1) is 16.5. The number of aromatic nitrogens is 2. The van der Waals surface area contributed by atoms with Crippen molar-refractivity contribution in [2.75, 3.05) is 6.54 Å². The molecule has 0 bridgehead atoms. The fourth-order valence-electron chi connectivity index (χ4n) is 3.46. The highest BCUT2D eigenvalue weighted by molar-refractivity contribution is 5.74. The summed E-state index contributed by atoms with van der Waals surface area (Å²) in [5, 5.41) is 3.95. The normalized spacial score (nSPS) is 12.3. The summed E-state index contributed by atoms with van der Waals surface area (Å²) in [6.07, 6.45) is -1.69. The van der Waals surface area contributed by atoms with Crippen molar-refractivity contribution in [3.8, 4) is 11.1 Å². The van der Waals surface area contributed by atoms with E-state index in [1.54, 1.807) is 33.2 Å². The van der Waals surface area contributed by atoms with E-state index >= 15 is 0 Å². The van der Waals surface area contributed by atoms with Gasteiger partial charge in [-0.25, -0.2) is 29.0 Å². The zero-order valence-corrected chi connectivity index (χ0v) is 19.3. The topological polar surface area (TPSA) is 70.1 Å². The quantitative estimate of drug-likeness (QED) is 0.335. The van der Waals surface area contributed by atoms with Crippen molar-refractivity contribution < 1.29 is 26.7 Å². The summed E-state index contributed by atoms with van der Waals surface area (Å²) in [6.45, 7) is 5.63. The maximum Gasteiger partial charge on any atom is 0.419 e. The number of hydrogen-bond donors (Lipinski definition) is 2. The number of halogens is 5. The van der Waals surface area contributed by atoms with E-state index in [4.69, 9.17) is 0 Å².